The molecule has 0 saturated carbocycles. The zero-order valence-corrected chi connectivity index (χ0v) is 12.9. The van der Waals surface area contributed by atoms with Crippen molar-refractivity contribution in [2.75, 3.05) is 0 Å². The molecule has 20 heavy (non-hydrogen) atoms. The molecule has 1 aromatic carbocycles. The van der Waals surface area contributed by atoms with E-state index in [-0.39, 0.29) is 5.91 Å². The van der Waals surface area contributed by atoms with Crippen LogP contribution in [0.5, 0.6) is 0 Å². The highest BCUT2D eigenvalue weighted by atomic mass is 79.9. The quantitative estimate of drug-likeness (QED) is 0.789. The molecular formula is C15H16BrN3O. The minimum Gasteiger partial charge on any atom is -0.329 e. The maximum atomic E-state index is 12.0. The Balaban J connectivity index is 2.18. The van der Waals surface area contributed by atoms with Crippen LogP contribution in [0.25, 0.3) is 0 Å². The number of rotatable bonds is 5. The standard InChI is InChI=1S/C15H16BrN3O/c1-3-15(20)19(11-14-7-8-17-18(14)2)10-12-5-4-6-13(16)9-12/h3-9H,1,10-11H2,2H3. The number of carbonyl (C=O) groups is 1. The number of hydrogen-bond donors (Lipinski definition) is 0. The SMILES string of the molecule is C=CC(=O)N(Cc1cccc(Br)c1)Cc1ccnn1C. The molecule has 0 aliphatic heterocycles. The van der Waals surface area contributed by atoms with E-state index in [0.29, 0.717) is 13.1 Å². The van der Waals surface area contributed by atoms with E-state index in [1.807, 2.05) is 37.4 Å². The zero-order valence-electron chi connectivity index (χ0n) is 11.3. The fourth-order valence-corrected chi connectivity index (χ4v) is 2.40. The van der Waals surface area contributed by atoms with E-state index in [0.717, 1.165) is 15.7 Å². The van der Waals surface area contributed by atoms with E-state index < -0.39 is 0 Å². The van der Waals surface area contributed by atoms with Crippen molar-refractivity contribution < 1.29 is 4.79 Å². The van der Waals surface area contributed by atoms with E-state index in [1.54, 1.807) is 15.8 Å². The van der Waals surface area contributed by atoms with E-state index in [9.17, 15) is 4.79 Å². The third-order valence-corrected chi connectivity index (χ3v) is 3.52. The molecule has 0 spiro atoms. The lowest BCUT2D eigenvalue weighted by Crippen LogP contribution is -2.29. The Kier molecular flexibility index (Phi) is 4.74. The second-order valence-electron chi connectivity index (χ2n) is 4.47. The Morgan fingerprint density at radius 1 is 1.45 bits per heavy atom. The molecule has 0 aliphatic rings. The van der Waals surface area contributed by atoms with Gasteiger partial charge in [-0.3, -0.25) is 9.48 Å². The maximum Gasteiger partial charge on any atom is 0.246 e. The Hall–Kier alpha value is -1.88. The molecule has 0 atom stereocenters. The molecule has 0 N–H and O–H groups in total. The van der Waals surface area contributed by atoms with Gasteiger partial charge in [0.05, 0.1) is 12.2 Å². The van der Waals surface area contributed by atoms with Crippen LogP contribution in [0.2, 0.25) is 0 Å². The highest BCUT2D eigenvalue weighted by Crippen LogP contribution is 2.15. The minimum atomic E-state index is -0.0915. The predicted molar refractivity (Wildman–Crippen MR) is 81.8 cm³/mol. The zero-order chi connectivity index (χ0) is 14.5. The lowest BCUT2D eigenvalue weighted by molar-refractivity contribution is -0.127. The van der Waals surface area contributed by atoms with Gasteiger partial charge in [0.25, 0.3) is 0 Å². The molecule has 1 amide bonds. The average molecular weight is 334 g/mol. The number of hydrogen-bond acceptors (Lipinski definition) is 2. The van der Waals surface area contributed by atoms with Crippen molar-refractivity contribution >= 4 is 21.8 Å². The van der Waals surface area contributed by atoms with Crippen molar-refractivity contribution in [1.29, 1.82) is 0 Å². The average Bonchev–Trinajstić information content (AvgIpc) is 2.83. The fourth-order valence-electron chi connectivity index (χ4n) is 1.95. The number of halogens is 1. The van der Waals surface area contributed by atoms with Gasteiger partial charge >= 0.3 is 0 Å². The highest BCUT2D eigenvalue weighted by molar-refractivity contribution is 9.10. The second kappa shape index (κ2) is 6.52. The van der Waals surface area contributed by atoms with E-state index in [4.69, 9.17) is 0 Å². The summed E-state index contributed by atoms with van der Waals surface area (Å²) in [4.78, 5) is 13.7. The molecule has 5 heteroatoms. The number of amides is 1. The summed E-state index contributed by atoms with van der Waals surface area (Å²) in [6.45, 7) is 4.61. The van der Waals surface area contributed by atoms with E-state index >= 15 is 0 Å². The van der Waals surface area contributed by atoms with Crippen LogP contribution in [0.3, 0.4) is 0 Å². The van der Waals surface area contributed by atoms with Gasteiger partial charge in [-0.25, -0.2) is 0 Å². The molecule has 0 aliphatic carbocycles. The van der Waals surface area contributed by atoms with Gasteiger partial charge < -0.3 is 4.90 Å². The first kappa shape index (κ1) is 14.5. The molecular weight excluding hydrogens is 318 g/mol. The maximum absolute atomic E-state index is 12.0. The Labute approximate surface area is 126 Å². The molecule has 1 heterocycles. The molecule has 2 rings (SSSR count). The van der Waals surface area contributed by atoms with Gasteiger partial charge in [-0.1, -0.05) is 34.6 Å². The molecule has 0 bridgehead atoms. The lowest BCUT2D eigenvalue weighted by Gasteiger charge is -2.21. The number of benzene rings is 1. The summed E-state index contributed by atoms with van der Waals surface area (Å²) in [6.07, 6.45) is 3.07. The summed E-state index contributed by atoms with van der Waals surface area (Å²) in [7, 11) is 1.87. The summed E-state index contributed by atoms with van der Waals surface area (Å²) in [5, 5.41) is 4.12. The Morgan fingerprint density at radius 2 is 2.25 bits per heavy atom. The number of aryl methyl sites for hydroxylation is 1. The van der Waals surface area contributed by atoms with Crippen LogP contribution < -0.4 is 0 Å². The van der Waals surface area contributed by atoms with Crippen LogP contribution >= 0.6 is 15.9 Å². The lowest BCUT2D eigenvalue weighted by atomic mass is 10.2. The van der Waals surface area contributed by atoms with Gasteiger partial charge in [0.15, 0.2) is 0 Å². The van der Waals surface area contributed by atoms with Crippen molar-refractivity contribution in [2.24, 2.45) is 7.05 Å². The smallest absolute Gasteiger partial charge is 0.246 e. The molecule has 104 valence electrons. The number of aromatic nitrogens is 2. The van der Waals surface area contributed by atoms with Crippen LogP contribution in [0, 0.1) is 0 Å². The molecule has 0 radical (unpaired) electrons. The van der Waals surface area contributed by atoms with Crippen molar-refractivity contribution in [1.82, 2.24) is 14.7 Å². The monoisotopic (exact) mass is 333 g/mol. The van der Waals surface area contributed by atoms with Crippen LogP contribution in [0.1, 0.15) is 11.3 Å². The van der Waals surface area contributed by atoms with E-state index in [1.165, 1.54) is 6.08 Å². The van der Waals surface area contributed by atoms with Crippen molar-refractivity contribution in [3.05, 3.63) is 64.9 Å². The van der Waals surface area contributed by atoms with Gasteiger partial charge in [-0.05, 0) is 29.8 Å². The number of carbonyl (C=O) groups excluding carboxylic acids is 1. The first-order valence-corrected chi connectivity index (χ1v) is 7.02. The molecule has 0 unspecified atom stereocenters. The van der Waals surface area contributed by atoms with Gasteiger partial charge in [0.2, 0.25) is 5.91 Å². The molecule has 2 aromatic rings. The Morgan fingerprint density at radius 3 is 2.85 bits per heavy atom. The van der Waals surface area contributed by atoms with Crippen LogP contribution in [0.15, 0.2) is 53.7 Å². The normalized spacial score (nSPS) is 10.3. The van der Waals surface area contributed by atoms with Crippen LogP contribution in [-0.4, -0.2) is 20.6 Å². The third-order valence-electron chi connectivity index (χ3n) is 3.02. The van der Waals surface area contributed by atoms with Crippen molar-refractivity contribution in [3.8, 4) is 0 Å². The topological polar surface area (TPSA) is 38.1 Å². The molecule has 1 aromatic heterocycles. The summed E-state index contributed by atoms with van der Waals surface area (Å²) in [5.74, 6) is -0.0915. The van der Waals surface area contributed by atoms with Gasteiger partial charge in [0, 0.05) is 24.3 Å². The van der Waals surface area contributed by atoms with Gasteiger partial charge in [-0.15, -0.1) is 0 Å². The number of nitrogens with zero attached hydrogens (tertiary/aromatic N) is 3. The highest BCUT2D eigenvalue weighted by Gasteiger charge is 2.13. The molecule has 0 saturated heterocycles. The van der Waals surface area contributed by atoms with Gasteiger partial charge in [0.1, 0.15) is 0 Å². The fraction of sp³-hybridized carbons (Fsp3) is 0.200. The van der Waals surface area contributed by atoms with Crippen molar-refractivity contribution in [3.63, 3.8) is 0 Å². The third kappa shape index (κ3) is 3.57. The predicted octanol–water partition coefficient (Wildman–Crippen LogP) is 2.90. The van der Waals surface area contributed by atoms with E-state index in [2.05, 4.69) is 27.6 Å². The van der Waals surface area contributed by atoms with Crippen LogP contribution in [0.4, 0.5) is 0 Å². The summed E-state index contributed by atoms with van der Waals surface area (Å²) < 4.78 is 2.77. The van der Waals surface area contributed by atoms with Crippen LogP contribution in [-0.2, 0) is 24.9 Å². The summed E-state index contributed by atoms with van der Waals surface area (Å²) in [6, 6.07) is 9.83. The van der Waals surface area contributed by atoms with Crippen molar-refractivity contribution in [2.45, 2.75) is 13.1 Å². The van der Waals surface area contributed by atoms with Gasteiger partial charge in [-0.2, -0.15) is 5.10 Å². The largest absolute Gasteiger partial charge is 0.329 e. The minimum absolute atomic E-state index is 0.0915. The second-order valence-corrected chi connectivity index (χ2v) is 5.39. The molecule has 0 fully saturated rings. The summed E-state index contributed by atoms with van der Waals surface area (Å²) >= 11 is 3.44. The Bertz CT molecular complexity index is 621. The first-order valence-electron chi connectivity index (χ1n) is 6.23. The molecule has 4 nitrogen and oxygen atoms in total. The summed E-state index contributed by atoms with van der Waals surface area (Å²) in [5.41, 5.74) is 2.05. The first-order chi connectivity index (χ1) is 9.60.